The number of hydrogen-bond donors (Lipinski definition) is 1. The summed E-state index contributed by atoms with van der Waals surface area (Å²) in [4.78, 5) is 37.3. The van der Waals surface area contributed by atoms with E-state index in [4.69, 9.17) is 14.7 Å². The molecule has 0 saturated carbocycles. The van der Waals surface area contributed by atoms with Gasteiger partial charge in [0.2, 0.25) is 6.10 Å². The molecular weight excluding hydrogens is 288 g/mol. The van der Waals surface area contributed by atoms with Crippen LogP contribution in [0.1, 0.15) is 35.2 Å². The van der Waals surface area contributed by atoms with Crippen LogP contribution in [0, 0.1) is 25.2 Å². The van der Waals surface area contributed by atoms with Crippen LogP contribution in [-0.4, -0.2) is 29.6 Å². The van der Waals surface area contributed by atoms with Crippen LogP contribution in [0.2, 0.25) is 0 Å². The number of H-pyrrole nitrogens is 1. The Hall–Kier alpha value is -2.62. The Morgan fingerprint density at radius 2 is 2.18 bits per heavy atom. The molecule has 22 heavy (non-hydrogen) atoms. The summed E-state index contributed by atoms with van der Waals surface area (Å²) in [5.74, 6) is -1.02. The molecule has 7 heteroatoms. The van der Waals surface area contributed by atoms with Gasteiger partial charge >= 0.3 is 11.9 Å². The van der Waals surface area contributed by atoms with Crippen molar-refractivity contribution in [1.29, 1.82) is 5.26 Å². The van der Waals surface area contributed by atoms with Crippen molar-refractivity contribution in [2.75, 3.05) is 6.61 Å². The first-order valence-corrected chi connectivity index (χ1v) is 6.92. The van der Waals surface area contributed by atoms with Crippen molar-refractivity contribution in [1.82, 2.24) is 4.98 Å². The maximum absolute atomic E-state index is 11.8. The molecule has 1 fully saturated rings. The van der Waals surface area contributed by atoms with Gasteiger partial charge in [-0.15, -0.1) is 0 Å². The lowest BCUT2D eigenvalue weighted by Crippen LogP contribution is -2.23. The second-order valence-corrected chi connectivity index (χ2v) is 5.10. The first-order valence-electron chi connectivity index (χ1n) is 6.92. The number of nitrogens with zero attached hydrogens (tertiary/aromatic N) is 1. The molecule has 0 unspecified atom stereocenters. The van der Waals surface area contributed by atoms with E-state index in [1.54, 1.807) is 13.8 Å². The lowest BCUT2D eigenvalue weighted by molar-refractivity contribution is -0.160. The third-order valence-corrected chi connectivity index (χ3v) is 3.66. The topological polar surface area (TPSA) is 109 Å². The van der Waals surface area contributed by atoms with Gasteiger partial charge in [0.1, 0.15) is 11.6 Å². The number of aromatic amines is 1. The van der Waals surface area contributed by atoms with Gasteiger partial charge < -0.3 is 14.5 Å². The van der Waals surface area contributed by atoms with Crippen molar-refractivity contribution in [2.24, 2.45) is 0 Å². The van der Waals surface area contributed by atoms with Crippen molar-refractivity contribution in [3.8, 4) is 6.07 Å². The van der Waals surface area contributed by atoms with E-state index < -0.39 is 23.6 Å². The normalized spacial score (nSPS) is 17.0. The van der Waals surface area contributed by atoms with Gasteiger partial charge in [0.25, 0.3) is 5.56 Å². The van der Waals surface area contributed by atoms with Crippen molar-refractivity contribution in [2.45, 2.75) is 39.2 Å². The Labute approximate surface area is 126 Å². The average molecular weight is 304 g/mol. The lowest BCUT2D eigenvalue weighted by atomic mass is 9.99. The summed E-state index contributed by atoms with van der Waals surface area (Å²) in [6.07, 6.45) is -0.0636. The minimum atomic E-state index is -0.819. The van der Waals surface area contributed by atoms with Crippen LogP contribution in [0.15, 0.2) is 4.79 Å². The third kappa shape index (κ3) is 3.17. The SMILES string of the molecule is Cc1[nH]c(=O)c(C#N)c(C)c1CCC(=O)O[C@@H]1CCOC1=O. The first-order chi connectivity index (χ1) is 10.4. The van der Waals surface area contributed by atoms with Gasteiger partial charge in [-0.05, 0) is 31.4 Å². The van der Waals surface area contributed by atoms with Gasteiger partial charge in [0.05, 0.1) is 6.61 Å². The Morgan fingerprint density at radius 3 is 2.77 bits per heavy atom. The number of cyclic esters (lactones) is 1. The molecule has 0 aromatic carbocycles. The van der Waals surface area contributed by atoms with Gasteiger partial charge in [-0.2, -0.15) is 5.26 Å². The van der Waals surface area contributed by atoms with E-state index in [0.29, 0.717) is 24.1 Å². The van der Waals surface area contributed by atoms with Crippen molar-refractivity contribution in [3.05, 3.63) is 32.7 Å². The fraction of sp³-hybridized carbons (Fsp3) is 0.467. The maximum atomic E-state index is 11.8. The predicted molar refractivity (Wildman–Crippen MR) is 75.0 cm³/mol. The van der Waals surface area contributed by atoms with Crippen LogP contribution in [0.4, 0.5) is 0 Å². The Morgan fingerprint density at radius 1 is 1.45 bits per heavy atom. The van der Waals surface area contributed by atoms with E-state index in [-0.39, 0.29) is 18.6 Å². The summed E-state index contributed by atoms with van der Waals surface area (Å²) < 4.78 is 9.77. The molecule has 1 atom stereocenters. The van der Waals surface area contributed by atoms with Crippen molar-refractivity contribution >= 4 is 11.9 Å². The molecule has 0 amide bonds. The van der Waals surface area contributed by atoms with Crippen LogP contribution in [0.3, 0.4) is 0 Å². The van der Waals surface area contributed by atoms with Crippen LogP contribution >= 0.6 is 0 Å². The molecule has 1 aliphatic rings. The minimum absolute atomic E-state index is 0.0494. The molecule has 2 rings (SSSR count). The number of hydrogen-bond acceptors (Lipinski definition) is 6. The van der Waals surface area contributed by atoms with Crippen LogP contribution in [0.25, 0.3) is 0 Å². The largest absolute Gasteiger partial charge is 0.463 e. The van der Waals surface area contributed by atoms with E-state index in [1.165, 1.54) is 0 Å². The first kappa shape index (κ1) is 15.8. The van der Waals surface area contributed by atoms with Gasteiger partial charge in [0.15, 0.2) is 0 Å². The van der Waals surface area contributed by atoms with E-state index >= 15 is 0 Å². The van der Waals surface area contributed by atoms with E-state index in [0.717, 1.165) is 5.56 Å². The monoisotopic (exact) mass is 304 g/mol. The lowest BCUT2D eigenvalue weighted by Gasteiger charge is -2.11. The molecule has 1 N–H and O–H groups in total. The fourth-order valence-electron chi connectivity index (χ4n) is 2.45. The van der Waals surface area contributed by atoms with Gasteiger partial charge in [-0.25, -0.2) is 4.79 Å². The second kappa shape index (κ2) is 6.43. The summed E-state index contributed by atoms with van der Waals surface area (Å²) in [5, 5.41) is 9.00. The number of ether oxygens (including phenoxy) is 2. The highest BCUT2D eigenvalue weighted by atomic mass is 16.6. The molecule has 0 aliphatic carbocycles. The van der Waals surface area contributed by atoms with E-state index in [2.05, 4.69) is 4.98 Å². The number of aromatic nitrogens is 1. The second-order valence-electron chi connectivity index (χ2n) is 5.10. The third-order valence-electron chi connectivity index (χ3n) is 3.66. The summed E-state index contributed by atoms with van der Waals surface area (Å²) in [6.45, 7) is 3.65. The van der Waals surface area contributed by atoms with Gasteiger partial charge in [-0.1, -0.05) is 0 Å². The molecule has 0 bridgehead atoms. The van der Waals surface area contributed by atoms with Crippen LogP contribution in [-0.2, 0) is 25.5 Å². The quantitative estimate of drug-likeness (QED) is 0.818. The summed E-state index contributed by atoms with van der Waals surface area (Å²) in [5.41, 5.74) is 1.54. The number of rotatable bonds is 4. The zero-order chi connectivity index (χ0) is 16.3. The minimum Gasteiger partial charge on any atom is -0.463 e. The molecule has 0 radical (unpaired) electrons. The summed E-state index contributed by atoms with van der Waals surface area (Å²) in [6, 6.07) is 1.86. The Bertz CT molecular complexity index is 714. The Balaban J connectivity index is 2.06. The Kier molecular flexibility index (Phi) is 4.61. The van der Waals surface area contributed by atoms with E-state index in [1.807, 2.05) is 6.07 Å². The number of carbonyl (C=O) groups is 2. The van der Waals surface area contributed by atoms with Gasteiger partial charge in [0, 0.05) is 18.5 Å². The maximum Gasteiger partial charge on any atom is 0.347 e. The smallest absolute Gasteiger partial charge is 0.347 e. The molecule has 7 nitrogen and oxygen atoms in total. The highest BCUT2D eigenvalue weighted by molar-refractivity contribution is 5.80. The highest BCUT2D eigenvalue weighted by Crippen LogP contribution is 2.16. The molecule has 1 aromatic heterocycles. The number of nitrogens with one attached hydrogen (secondary N) is 1. The highest BCUT2D eigenvalue weighted by Gasteiger charge is 2.30. The molecule has 1 aromatic rings. The molecule has 116 valence electrons. The molecular formula is C15H16N2O5. The summed E-state index contributed by atoms with van der Waals surface area (Å²) >= 11 is 0. The van der Waals surface area contributed by atoms with E-state index in [9.17, 15) is 14.4 Å². The zero-order valence-corrected chi connectivity index (χ0v) is 12.4. The molecule has 1 aliphatic heterocycles. The number of pyridine rings is 1. The average Bonchev–Trinajstić information content (AvgIpc) is 2.84. The molecule has 1 saturated heterocycles. The molecule has 2 heterocycles. The standard InChI is InChI=1S/C15H16N2O5/c1-8-10(9(2)17-14(19)11(8)7-16)3-4-13(18)22-12-5-6-21-15(12)20/h12H,3-6H2,1-2H3,(H,17,19)/t12-/m1/s1. The van der Waals surface area contributed by atoms with Crippen molar-refractivity contribution in [3.63, 3.8) is 0 Å². The van der Waals surface area contributed by atoms with Crippen molar-refractivity contribution < 1.29 is 19.1 Å². The van der Waals surface area contributed by atoms with Crippen LogP contribution < -0.4 is 5.56 Å². The number of aryl methyl sites for hydroxylation is 1. The zero-order valence-electron chi connectivity index (χ0n) is 12.4. The number of esters is 2. The van der Waals surface area contributed by atoms with Gasteiger partial charge in [-0.3, -0.25) is 9.59 Å². The predicted octanol–water partition coefficient (Wildman–Crippen LogP) is 0.655. The van der Waals surface area contributed by atoms with Crippen LogP contribution in [0.5, 0.6) is 0 Å². The number of nitriles is 1. The number of carbonyl (C=O) groups excluding carboxylic acids is 2. The summed E-state index contributed by atoms with van der Waals surface area (Å²) in [7, 11) is 0. The molecule has 0 spiro atoms. The fourth-order valence-corrected chi connectivity index (χ4v) is 2.45.